The summed E-state index contributed by atoms with van der Waals surface area (Å²) in [6, 6.07) is 16.1. The van der Waals surface area contributed by atoms with Crippen LogP contribution in [-0.4, -0.2) is 28.4 Å². The summed E-state index contributed by atoms with van der Waals surface area (Å²) in [5, 5.41) is 2.95. The van der Waals surface area contributed by atoms with Crippen molar-refractivity contribution in [2.75, 3.05) is 6.26 Å². The molecule has 27 heavy (non-hydrogen) atoms. The molecule has 0 radical (unpaired) electrons. The summed E-state index contributed by atoms with van der Waals surface area (Å²) in [7, 11) is -1.32. The topological polar surface area (TPSA) is 72.5 Å². The van der Waals surface area contributed by atoms with Gasteiger partial charge in [-0.15, -0.1) is 0 Å². The Labute approximate surface area is 162 Å². The Morgan fingerprint density at radius 2 is 1.70 bits per heavy atom. The standard InChI is InChI=1S/C21H25NO4S/c1-4-10-18(16-11-6-5-7-12-16)22-20(23)15(2)26-21(24)17-13-8-9-14-19(17)27(3)25/h5-9,11-15,18H,4,10H2,1-3H3,(H,22,23)/t15-,18-,27-/m1/s1. The lowest BCUT2D eigenvalue weighted by atomic mass is 10.0. The second-order valence-electron chi connectivity index (χ2n) is 6.26. The molecule has 0 fully saturated rings. The molecule has 0 unspecified atom stereocenters. The summed E-state index contributed by atoms with van der Waals surface area (Å²) in [6.07, 6.45) is 2.23. The lowest BCUT2D eigenvalue weighted by Crippen LogP contribution is -2.38. The van der Waals surface area contributed by atoms with E-state index in [-0.39, 0.29) is 17.5 Å². The highest BCUT2D eigenvalue weighted by Crippen LogP contribution is 2.19. The van der Waals surface area contributed by atoms with Crippen molar-refractivity contribution in [2.24, 2.45) is 0 Å². The smallest absolute Gasteiger partial charge is 0.340 e. The third kappa shape index (κ3) is 5.76. The van der Waals surface area contributed by atoms with Crippen molar-refractivity contribution in [1.82, 2.24) is 5.32 Å². The number of amides is 1. The monoisotopic (exact) mass is 387 g/mol. The van der Waals surface area contributed by atoms with E-state index < -0.39 is 22.9 Å². The van der Waals surface area contributed by atoms with Gasteiger partial charge in [-0.2, -0.15) is 0 Å². The largest absolute Gasteiger partial charge is 0.449 e. The van der Waals surface area contributed by atoms with Crippen LogP contribution in [0.2, 0.25) is 0 Å². The highest BCUT2D eigenvalue weighted by molar-refractivity contribution is 7.84. The minimum atomic E-state index is -1.32. The maximum Gasteiger partial charge on any atom is 0.340 e. The summed E-state index contributed by atoms with van der Waals surface area (Å²) >= 11 is 0. The van der Waals surface area contributed by atoms with E-state index in [1.807, 2.05) is 37.3 Å². The third-order valence-corrected chi connectivity index (χ3v) is 5.14. The van der Waals surface area contributed by atoms with Crippen LogP contribution in [0.4, 0.5) is 0 Å². The van der Waals surface area contributed by atoms with Crippen molar-refractivity contribution in [2.45, 2.75) is 43.7 Å². The van der Waals surface area contributed by atoms with Gasteiger partial charge in [0, 0.05) is 6.26 Å². The van der Waals surface area contributed by atoms with E-state index in [2.05, 4.69) is 5.32 Å². The molecule has 0 saturated heterocycles. The first kappa shape index (κ1) is 20.8. The van der Waals surface area contributed by atoms with E-state index in [1.165, 1.54) is 13.2 Å². The molecule has 6 heteroatoms. The summed E-state index contributed by atoms with van der Waals surface area (Å²) in [4.78, 5) is 25.4. The van der Waals surface area contributed by atoms with Gasteiger partial charge < -0.3 is 10.1 Å². The SMILES string of the molecule is CCC[C@@H](NC(=O)[C@@H](C)OC(=O)c1ccccc1[S@@](C)=O)c1ccccc1. The number of esters is 1. The number of rotatable bonds is 8. The van der Waals surface area contributed by atoms with Gasteiger partial charge in [0.25, 0.3) is 5.91 Å². The van der Waals surface area contributed by atoms with Crippen LogP contribution in [0.15, 0.2) is 59.5 Å². The van der Waals surface area contributed by atoms with E-state index >= 15 is 0 Å². The maximum atomic E-state index is 12.5. The molecule has 0 spiro atoms. The van der Waals surface area contributed by atoms with Crippen molar-refractivity contribution >= 4 is 22.7 Å². The molecule has 5 nitrogen and oxygen atoms in total. The molecule has 3 atom stereocenters. The zero-order valence-electron chi connectivity index (χ0n) is 15.8. The summed E-state index contributed by atoms with van der Waals surface area (Å²) in [5.41, 5.74) is 1.23. The van der Waals surface area contributed by atoms with Gasteiger partial charge in [0.05, 0.1) is 27.3 Å². The summed E-state index contributed by atoms with van der Waals surface area (Å²) < 4.78 is 17.1. The van der Waals surface area contributed by atoms with E-state index in [9.17, 15) is 13.8 Å². The first-order valence-corrected chi connectivity index (χ1v) is 10.5. The molecule has 1 N–H and O–H groups in total. The predicted octanol–water partition coefficient (Wildman–Crippen LogP) is 3.63. The highest BCUT2D eigenvalue weighted by atomic mass is 32.2. The fourth-order valence-electron chi connectivity index (χ4n) is 2.75. The molecule has 0 heterocycles. The molecule has 0 aliphatic rings. The lowest BCUT2D eigenvalue weighted by molar-refractivity contribution is -0.129. The van der Waals surface area contributed by atoms with Crippen LogP contribution in [0.3, 0.4) is 0 Å². The Morgan fingerprint density at radius 3 is 2.33 bits per heavy atom. The summed E-state index contributed by atoms with van der Waals surface area (Å²) in [6.45, 7) is 3.58. The number of nitrogens with one attached hydrogen (secondary N) is 1. The average molecular weight is 388 g/mol. The quantitative estimate of drug-likeness (QED) is 0.702. The number of ether oxygens (including phenoxy) is 1. The molecular formula is C21H25NO4S. The van der Waals surface area contributed by atoms with E-state index in [4.69, 9.17) is 4.74 Å². The Morgan fingerprint density at radius 1 is 1.07 bits per heavy atom. The summed E-state index contributed by atoms with van der Waals surface area (Å²) in [5.74, 6) is -1.02. The highest BCUT2D eigenvalue weighted by Gasteiger charge is 2.23. The molecule has 2 rings (SSSR count). The van der Waals surface area contributed by atoms with Gasteiger partial charge in [0.15, 0.2) is 6.10 Å². The number of benzene rings is 2. The van der Waals surface area contributed by atoms with Gasteiger partial charge in [-0.3, -0.25) is 9.00 Å². The Balaban J connectivity index is 2.06. The second-order valence-corrected chi connectivity index (χ2v) is 7.61. The van der Waals surface area contributed by atoms with Crippen molar-refractivity contribution in [3.05, 3.63) is 65.7 Å². The fraction of sp³-hybridized carbons (Fsp3) is 0.333. The lowest BCUT2D eigenvalue weighted by Gasteiger charge is -2.21. The number of hydrogen-bond acceptors (Lipinski definition) is 4. The molecule has 0 aliphatic heterocycles. The molecule has 144 valence electrons. The van der Waals surface area contributed by atoms with Crippen molar-refractivity contribution in [3.63, 3.8) is 0 Å². The van der Waals surface area contributed by atoms with E-state index in [1.54, 1.807) is 24.3 Å². The van der Waals surface area contributed by atoms with Gasteiger partial charge >= 0.3 is 5.97 Å². The van der Waals surface area contributed by atoms with Crippen LogP contribution in [0.1, 0.15) is 48.7 Å². The third-order valence-electron chi connectivity index (χ3n) is 4.17. The zero-order chi connectivity index (χ0) is 19.8. The second kappa shape index (κ2) is 10.0. The van der Waals surface area contributed by atoms with Crippen LogP contribution in [0, 0.1) is 0 Å². The van der Waals surface area contributed by atoms with Gasteiger partial charge in [-0.25, -0.2) is 4.79 Å². The Bertz CT molecular complexity index is 807. The minimum Gasteiger partial charge on any atom is -0.449 e. The molecule has 2 aromatic carbocycles. The molecule has 0 bridgehead atoms. The Hall–Kier alpha value is -2.47. The Kier molecular flexibility index (Phi) is 7.73. The molecule has 2 aromatic rings. The number of carbonyl (C=O) groups is 2. The number of carbonyl (C=O) groups excluding carboxylic acids is 2. The molecule has 0 saturated carbocycles. The first-order valence-electron chi connectivity index (χ1n) is 8.92. The van der Waals surface area contributed by atoms with Gasteiger partial charge in [-0.05, 0) is 31.0 Å². The van der Waals surface area contributed by atoms with Crippen LogP contribution in [0.25, 0.3) is 0 Å². The average Bonchev–Trinajstić information content (AvgIpc) is 2.68. The first-order chi connectivity index (χ1) is 12.9. The van der Waals surface area contributed by atoms with Gasteiger partial charge in [-0.1, -0.05) is 55.8 Å². The van der Waals surface area contributed by atoms with Crippen molar-refractivity contribution in [1.29, 1.82) is 0 Å². The van der Waals surface area contributed by atoms with Crippen molar-refractivity contribution < 1.29 is 18.5 Å². The molecule has 1 amide bonds. The molecule has 0 aromatic heterocycles. The minimum absolute atomic E-state index is 0.139. The van der Waals surface area contributed by atoms with Crippen LogP contribution < -0.4 is 5.32 Å². The van der Waals surface area contributed by atoms with Gasteiger partial charge in [0.2, 0.25) is 0 Å². The van der Waals surface area contributed by atoms with Gasteiger partial charge in [0.1, 0.15) is 0 Å². The van der Waals surface area contributed by atoms with E-state index in [0.29, 0.717) is 4.90 Å². The predicted molar refractivity (Wildman–Crippen MR) is 106 cm³/mol. The van der Waals surface area contributed by atoms with Crippen LogP contribution in [-0.2, 0) is 20.3 Å². The normalized spacial score (nSPS) is 14.0. The maximum absolute atomic E-state index is 12.5. The van der Waals surface area contributed by atoms with E-state index in [0.717, 1.165) is 18.4 Å². The fourth-order valence-corrected chi connectivity index (χ4v) is 3.48. The molecular weight excluding hydrogens is 362 g/mol. The number of hydrogen-bond donors (Lipinski definition) is 1. The molecule has 0 aliphatic carbocycles. The van der Waals surface area contributed by atoms with Crippen LogP contribution in [0.5, 0.6) is 0 Å². The van der Waals surface area contributed by atoms with Crippen LogP contribution >= 0.6 is 0 Å². The van der Waals surface area contributed by atoms with Crippen molar-refractivity contribution in [3.8, 4) is 0 Å². The zero-order valence-corrected chi connectivity index (χ0v) is 16.6.